The van der Waals surface area contributed by atoms with Gasteiger partial charge in [-0.3, -0.25) is 0 Å². The summed E-state index contributed by atoms with van der Waals surface area (Å²) >= 11 is 0. The summed E-state index contributed by atoms with van der Waals surface area (Å²) in [5.74, 6) is -0.656. The Bertz CT molecular complexity index is 405. The SMILES string of the molecule is CCC1(C)C(N)CC1c1cc(F)ccc1F. The average Bonchev–Trinajstić information content (AvgIpc) is 2.28. The molecule has 1 aromatic carbocycles. The van der Waals surface area contributed by atoms with E-state index in [1.54, 1.807) is 0 Å². The van der Waals surface area contributed by atoms with Gasteiger partial charge in [-0.1, -0.05) is 13.8 Å². The predicted octanol–water partition coefficient (Wildman–Crippen LogP) is 3.20. The third kappa shape index (κ3) is 1.54. The lowest BCUT2D eigenvalue weighted by Crippen LogP contribution is -2.54. The fraction of sp³-hybridized carbons (Fsp3) is 0.538. The van der Waals surface area contributed by atoms with Crippen LogP contribution in [0.3, 0.4) is 0 Å². The number of rotatable bonds is 2. The van der Waals surface area contributed by atoms with Gasteiger partial charge in [0, 0.05) is 6.04 Å². The van der Waals surface area contributed by atoms with Crippen molar-refractivity contribution in [2.24, 2.45) is 11.1 Å². The maximum absolute atomic E-state index is 13.6. The molecule has 0 bridgehead atoms. The largest absolute Gasteiger partial charge is 0.327 e. The molecule has 16 heavy (non-hydrogen) atoms. The van der Waals surface area contributed by atoms with E-state index < -0.39 is 0 Å². The highest BCUT2D eigenvalue weighted by atomic mass is 19.1. The molecule has 0 aliphatic heterocycles. The molecule has 0 amide bonds. The van der Waals surface area contributed by atoms with Gasteiger partial charge in [0.1, 0.15) is 11.6 Å². The molecule has 1 fully saturated rings. The van der Waals surface area contributed by atoms with E-state index in [1.807, 2.05) is 6.92 Å². The molecule has 88 valence electrons. The molecule has 2 N–H and O–H groups in total. The third-order valence-corrected chi connectivity index (χ3v) is 4.23. The minimum atomic E-state index is -0.379. The van der Waals surface area contributed by atoms with Crippen LogP contribution in [0, 0.1) is 17.0 Å². The Balaban J connectivity index is 2.36. The number of benzene rings is 1. The number of nitrogens with two attached hydrogens (primary N) is 1. The van der Waals surface area contributed by atoms with Gasteiger partial charge in [-0.15, -0.1) is 0 Å². The summed E-state index contributed by atoms with van der Waals surface area (Å²) in [6, 6.07) is 3.75. The molecule has 0 aromatic heterocycles. The lowest BCUT2D eigenvalue weighted by molar-refractivity contribution is 0.0680. The summed E-state index contributed by atoms with van der Waals surface area (Å²) in [5, 5.41) is 0. The van der Waals surface area contributed by atoms with E-state index in [1.165, 1.54) is 12.1 Å². The monoisotopic (exact) mass is 225 g/mol. The first-order valence-corrected chi connectivity index (χ1v) is 5.69. The predicted molar refractivity (Wildman–Crippen MR) is 60.1 cm³/mol. The Morgan fingerprint density at radius 1 is 1.44 bits per heavy atom. The highest BCUT2D eigenvalue weighted by Gasteiger charge is 2.49. The molecular weight excluding hydrogens is 208 g/mol. The first-order valence-electron chi connectivity index (χ1n) is 5.69. The van der Waals surface area contributed by atoms with Gasteiger partial charge >= 0.3 is 0 Å². The van der Waals surface area contributed by atoms with Crippen LogP contribution in [0.25, 0.3) is 0 Å². The Morgan fingerprint density at radius 2 is 2.12 bits per heavy atom. The second-order valence-corrected chi connectivity index (χ2v) is 4.92. The minimum absolute atomic E-state index is 0.0446. The maximum Gasteiger partial charge on any atom is 0.126 e. The normalized spacial score (nSPS) is 33.6. The van der Waals surface area contributed by atoms with E-state index >= 15 is 0 Å². The van der Waals surface area contributed by atoms with Crippen LogP contribution in [0.5, 0.6) is 0 Å². The van der Waals surface area contributed by atoms with Gasteiger partial charge in [0.2, 0.25) is 0 Å². The Morgan fingerprint density at radius 3 is 2.69 bits per heavy atom. The van der Waals surface area contributed by atoms with Crippen molar-refractivity contribution < 1.29 is 8.78 Å². The second-order valence-electron chi connectivity index (χ2n) is 4.92. The summed E-state index contributed by atoms with van der Waals surface area (Å²) in [5.41, 5.74) is 6.34. The van der Waals surface area contributed by atoms with Crippen molar-refractivity contribution in [1.82, 2.24) is 0 Å². The molecule has 1 aromatic rings. The van der Waals surface area contributed by atoms with E-state index in [0.29, 0.717) is 5.56 Å². The van der Waals surface area contributed by atoms with Crippen molar-refractivity contribution >= 4 is 0 Å². The van der Waals surface area contributed by atoms with E-state index in [0.717, 1.165) is 18.9 Å². The summed E-state index contributed by atoms with van der Waals surface area (Å²) in [7, 11) is 0. The van der Waals surface area contributed by atoms with Gasteiger partial charge in [-0.05, 0) is 47.9 Å². The van der Waals surface area contributed by atoms with Gasteiger partial charge in [-0.2, -0.15) is 0 Å². The minimum Gasteiger partial charge on any atom is -0.327 e. The van der Waals surface area contributed by atoms with Crippen LogP contribution in [0.2, 0.25) is 0 Å². The molecular formula is C13H17F2N. The van der Waals surface area contributed by atoms with E-state index in [2.05, 4.69) is 6.92 Å². The Labute approximate surface area is 94.7 Å². The average molecular weight is 225 g/mol. The molecule has 3 heteroatoms. The third-order valence-electron chi connectivity index (χ3n) is 4.23. The van der Waals surface area contributed by atoms with Gasteiger partial charge in [0.15, 0.2) is 0 Å². The summed E-state index contributed by atoms with van der Waals surface area (Å²) in [6.45, 7) is 4.10. The van der Waals surface area contributed by atoms with Crippen LogP contribution in [0.1, 0.15) is 38.2 Å². The van der Waals surface area contributed by atoms with Crippen molar-refractivity contribution in [1.29, 1.82) is 0 Å². The van der Waals surface area contributed by atoms with Crippen LogP contribution in [-0.4, -0.2) is 6.04 Å². The summed E-state index contributed by atoms with van der Waals surface area (Å²) < 4.78 is 26.8. The van der Waals surface area contributed by atoms with Crippen molar-refractivity contribution in [3.63, 3.8) is 0 Å². The fourth-order valence-electron chi connectivity index (χ4n) is 2.66. The van der Waals surface area contributed by atoms with Crippen LogP contribution < -0.4 is 5.73 Å². The summed E-state index contributed by atoms with van der Waals surface area (Å²) in [6.07, 6.45) is 1.62. The molecule has 1 saturated carbocycles. The van der Waals surface area contributed by atoms with Crippen molar-refractivity contribution in [2.45, 2.75) is 38.6 Å². The zero-order valence-corrected chi connectivity index (χ0v) is 9.63. The molecule has 0 radical (unpaired) electrons. The number of hydrogen-bond acceptors (Lipinski definition) is 1. The maximum atomic E-state index is 13.6. The van der Waals surface area contributed by atoms with Gasteiger partial charge < -0.3 is 5.73 Å². The van der Waals surface area contributed by atoms with E-state index in [9.17, 15) is 8.78 Å². The van der Waals surface area contributed by atoms with Crippen LogP contribution in [0.15, 0.2) is 18.2 Å². The standard InChI is InChI=1S/C13H17F2N/c1-3-13(2)10(7-12(13)16)9-6-8(14)4-5-11(9)15/h4-6,10,12H,3,7,16H2,1-2H3. The highest BCUT2D eigenvalue weighted by Crippen LogP contribution is 2.54. The van der Waals surface area contributed by atoms with Crippen LogP contribution in [0.4, 0.5) is 8.78 Å². The molecule has 1 aliphatic rings. The molecule has 2 rings (SSSR count). The Hall–Kier alpha value is -0.960. The molecule has 0 saturated heterocycles. The van der Waals surface area contributed by atoms with Gasteiger partial charge in [0.25, 0.3) is 0 Å². The van der Waals surface area contributed by atoms with Crippen LogP contribution in [-0.2, 0) is 0 Å². The smallest absolute Gasteiger partial charge is 0.126 e. The molecule has 0 spiro atoms. The van der Waals surface area contributed by atoms with Crippen LogP contribution >= 0.6 is 0 Å². The van der Waals surface area contributed by atoms with E-state index in [4.69, 9.17) is 5.73 Å². The molecule has 3 unspecified atom stereocenters. The lowest BCUT2D eigenvalue weighted by Gasteiger charge is -2.52. The first kappa shape index (κ1) is 11.5. The van der Waals surface area contributed by atoms with Crippen molar-refractivity contribution in [2.75, 3.05) is 0 Å². The van der Waals surface area contributed by atoms with Crippen molar-refractivity contribution in [3.8, 4) is 0 Å². The van der Waals surface area contributed by atoms with Crippen molar-refractivity contribution in [3.05, 3.63) is 35.4 Å². The second kappa shape index (κ2) is 3.81. The molecule has 1 aliphatic carbocycles. The number of hydrogen-bond donors (Lipinski definition) is 1. The molecule has 1 nitrogen and oxygen atoms in total. The molecule has 3 atom stereocenters. The zero-order chi connectivity index (χ0) is 11.9. The summed E-state index contributed by atoms with van der Waals surface area (Å²) in [4.78, 5) is 0. The molecule has 0 heterocycles. The van der Waals surface area contributed by atoms with Gasteiger partial charge in [-0.25, -0.2) is 8.78 Å². The lowest BCUT2D eigenvalue weighted by atomic mass is 9.54. The Kier molecular flexibility index (Phi) is 2.74. The van der Waals surface area contributed by atoms with E-state index in [-0.39, 0.29) is 29.0 Å². The highest BCUT2D eigenvalue weighted by molar-refractivity contribution is 5.29. The first-order chi connectivity index (χ1) is 7.49. The fourth-order valence-corrected chi connectivity index (χ4v) is 2.66. The van der Waals surface area contributed by atoms with Gasteiger partial charge in [0.05, 0.1) is 0 Å². The topological polar surface area (TPSA) is 26.0 Å². The number of halogens is 2. The quantitative estimate of drug-likeness (QED) is 0.821. The zero-order valence-electron chi connectivity index (χ0n) is 9.63.